The van der Waals surface area contributed by atoms with Gasteiger partial charge in [-0.25, -0.2) is 4.79 Å². The summed E-state index contributed by atoms with van der Waals surface area (Å²) >= 11 is 1.31. The molecule has 0 bridgehead atoms. The van der Waals surface area contributed by atoms with E-state index in [0.29, 0.717) is 11.6 Å². The number of benzene rings is 1. The van der Waals surface area contributed by atoms with Crippen LogP contribution >= 0.6 is 11.3 Å². The number of hydrogen-bond donors (Lipinski definition) is 1. The molecule has 0 atom stereocenters. The zero-order chi connectivity index (χ0) is 17.6. The minimum absolute atomic E-state index is 0.174. The fourth-order valence-electron chi connectivity index (χ4n) is 2.07. The Kier molecular flexibility index (Phi) is 5.10. The number of methoxy groups -OCH3 is 1. The smallest absolute Gasteiger partial charge is 0.339 e. The maximum absolute atomic E-state index is 12.2. The lowest BCUT2D eigenvalue weighted by atomic mass is 10.2. The highest BCUT2D eigenvalue weighted by Gasteiger charge is 2.13. The van der Waals surface area contributed by atoms with E-state index in [1.165, 1.54) is 36.8 Å². The number of nitrogens with zero attached hydrogens (tertiary/aromatic N) is 3. The molecule has 7 nitrogen and oxygen atoms in total. The Hall–Kier alpha value is -3.13. The molecule has 25 heavy (non-hydrogen) atoms. The van der Waals surface area contributed by atoms with Gasteiger partial charge in [0, 0.05) is 12.6 Å². The molecular formula is C17H14N4O3S. The Morgan fingerprint density at radius 2 is 1.92 bits per heavy atom. The first-order valence-electron chi connectivity index (χ1n) is 7.38. The van der Waals surface area contributed by atoms with Crippen molar-refractivity contribution in [1.82, 2.24) is 15.2 Å². The largest absolute Gasteiger partial charge is 0.465 e. The molecule has 0 aliphatic carbocycles. The predicted molar refractivity (Wildman–Crippen MR) is 92.7 cm³/mol. The van der Waals surface area contributed by atoms with Crippen molar-refractivity contribution in [3.63, 3.8) is 0 Å². The number of esters is 1. The first-order valence-corrected chi connectivity index (χ1v) is 8.19. The summed E-state index contributed by atoms with van der Waals surface area (Å²) in [6.45, 7) is 0. The lowest BCUT2D eigenvalue weighted by Gasteiger charge is -2.02. The SMILES string of the molecule is COC(=O)c1ccc(C(=O)Nc2nnc(Cc3ccccc3)s2)nc1. The van der Waals surface area contributed by atoms with E-state index in [0.717, 1.165) is 10.6 Å². The zero-order valence-corrected chi connectivity index (χ0v) is 14.1. The fourth-order valence-corrected chi connectivity index (χ4v) is 2.84. The van der Waals surface area contributed by atoms with E-state index >= 15 is 0 Å². The number of pyridine rings is 1. The topological polar surface area (TPSA) is 94.1 Å². The van der Waals surface area contributed by atoms with Gasteiger partial charge in [0.2, 0.25) is 5.13 Å². The van der Waals surface area contributed by atoms with Crippen LogP contribution in [-0.4, -0.2) is 34.2 Å². The lowest BCUT2D eigenvalue weighted by molar-refractivity contribution is 0.0600. The highest BCUT2D eigenvalue weighted by molar-refractivity contribution is 7.15. The van der Waals surface area contributed by atoms with Gasteiger partial charge in [-0.15, -0.1) is 10.2 Å². The number of carbonyl (C=O) groups is 2. The number of anilines is 1. The molecule has 1 N–H and O–H groups in total. The van der Waals surface area contributed by atoms with Crippen LogP contribution in [-0.2, 0) is 11.2 Å². The van der Waals surface area contributed by atoms with Gasteiger partial charge in [0.15, 0.2) is 0 Å². The van der Waals surface area contributed by atoms with Gasteiger partial charge >= 0.3 is 5.97 Å². The van der Waals surface area contributed by atoms with Crippen molar-refractivity contribution in [2.45, 2.75) is 6.42 Å². The average molecular weight is 354 g/mol. The molecule has 1 amide bonds. The highest BCUT2D eigenvalue weighted by atomic mass is 32.1. The summed E-state index contributed by atoms with van der Waals surface area (Å²) in [7, 11) is 1.28. The quantitative estimate of drug-likeness (QED) is 0.708. The summed E-state index contributed by atoms with van der Waals surface area (Å²) in [5.74, 6) is -0.923. The number of nitrogens with one attached hydrogen (secondary N) is 1. The predicted octanol–water partition coefficient (Wildman–Crippen LogP) is 2.56. The Balaban J connectivity index is 1.64. The van der Waals surface area contributed by atoms with Gasteiger partial charge in [-0.2, -0.15) is 0 Å². The monoisotopic (exact) mass is 354 g/mol. The van der Waals surface area contributed by atoms with Crippen molar-refractivity contribution in [1.29, 1.82) is 0 Å². The second-order valence-electron chi connectivity index (χ2n) is 5.04. The zero-order valence-electron chi connectivity index (χ0n) is 13.3. The Morgan fingerprint density at radius 3 is 2.60 bits per heavy atom. The number of rotatable bonds is 5. The van der Waals surface area contributed by atoms with E-state index in [1.54, 1.807) is 0 Å². The van der Waals surface area contributed by atoms with Crippen LogP contribution in [0.2, 0.25) is 0 Å². The Bertz CT molecular complexity index is 878. The average Bonchev–Trinajstić information content (AvgIpc) is 3.08. The minimum Gasteiger partial charge on any atom is -0.465 e. The number of aromatic nitrogens is 3. The van der Waals surface area contributed by atoms with Gasteiger partial charge in [0.25, 0.3) is 5.91 Å². The summed E-state index contributed by atoms with van der Waals surface area (Å²) < 4.78 is 4.59. The lowest BCUT2D eigenvalue weighted by Crippen LogP contribution is -2.14. The molecule has 0 unspecified atom stereocenters. The van der Waals surface area contributed by atoms with E-state index < -0.39 is 11.9 Å². The maximum Gasteiger partial charge on any atom is 0.339 e. The molecule has 0 spiro atoms. The maximum atomic E-state index is 12.2. The van der Waals surface area contributed by atoms with Crippen LogP contribution in [0, 0.1) is 0 Å². The van der Waals surface area contributed by atoms with Gasteiger partial charge < -0.3 is 4.74 Å². The van der Waals surface area contributed by atoms with Gasteiger partial charge in [-0.05, 0) is 17.7 Å². The molecule has 0 radical (unpaired) electrons. The van der Waals surface area contributed by atoms with Crippen LogP contribution in [0.15, 0.2) is 48.7 Å². The van der Waals surface area contributed by atoms with Crippen molar-refractivity contribution in [2.75, 3.05) is 12.4 Å². The molecule has 0 aliphatic rings. The molecule has 0 saturated heterocycles. The molecule has 2 heterocycles. The molecule has 2 aromatic heterocycles. The van der Waals surface area contributed by atoms with Gasteiger partial charge in [0.05, 0.1) is 12.7 Å². The third kappa shape index (κ3) is 4.24. The molecule has 0 saturated carbocycles. The molecule has 8 heteroatoms. The summed E-state index contributed by atoms with van der Waals surface area (Å²) in [5.41, 5.74) is 1.57. The second kappa shape index (κ2) is 7.63. The number of ether oxygens (including phenoxy) is 1. The second-order valence-corrected chi connectivity index (χ2v) is 6.10. The van der Waals surface area contributed by atoms with E-state index in [1.807, 2.05) is 30.3 Å². The number of carbonyl (C=O) groups excluding carboxylic acids is 2. The fraction of sp³-hybridized carbons (Fsp3) is 0.118. The van der Waals surface area contributed by atoms with Crippen LogP contribution in [0.4, 0.5) is 5.13 Å². The molecule has 3 aromatic rings. The van der Waals surface area contributed by atoms with Gasteiger partial charge in [0.1, 0.15) is 10.7 Å². The van der Waals surface area contributed by atoms with Crippen LogP contribution in [0.3, 0.4) is 0 Å². The molecule has 0 fully saturated rings. The van der Waals surface area contributed by atoms with E-state index in [-0.39, 0.29) is 11.3 Å². The van der Waals surface area contributed by atoms with Crippen molar-refractivity contribution < 1.29 is 14.3 Å². The molecule has 0 aliphatic heterocycles. The summed E-state index contributed by atoms with van der Waals surface area (Å²) in [5, 5.41) is 11.9. The molecule has 126 valence electrons. The first kappa shape index (κ1) is 16.7. The standard InChI is InChI=1S/C17H14N4O3S/c1-24-16(23)12-7-8-13(18-10-12)15(22)19-17-21-20-14(25-17)9-11-5-3-2-4-6-11/h2-8,10H,9H2,1H3,(H,19,21,22). The number of amides is 1. The minimum atomic E-state index is -0.505. The van der Waals surface area contributed by atoms with E-state index in [9.17, 15) is 9.59 Å². The Morgan fingerprint density at radius 1 is 1.12 bits per heavy atom. The Labute approximate surface area is 147 Å². The van der Waals surface area contributed by atoms with Crippen molar-refractivity contribution >= 4 is 28.3 Å². The van der Waals surface area contributed by atoms with Crippen LogP contribution < -0.4 is 5.32 Å². The summed E-state index contributed by atoms with van der Waals surface area (Å²) in [6.07, 6.45) is 1.95. The van der Waals surface area contributed by atoms with Crippen LogP contribution in [0.25, 0.3) is 0 Å². The van der Waals surface area contributed by atoms with Gasteiger partial charge in [-0.3, -0.25) is 15.1 Å². The molecule has 1 aromatic carbocycles. The number of hydrogen-bond acceptors (Lipinski definition) is 7. The highest BCUT2D eigenvalue weighted by Crippen LogP contribution is 2.19. The molecule has 3 rings (SSSR count). The van der Waals surface area contributed by atoms with Crippen LogP contribution in [0.1, 0.15) is 31.4 Å². The van der Waals surface area contributed by atoms with Crippen LogP contribution in [0.5, 0.6) is 0 Å². The normalized spacial score (nSPS) is 10.3. The first-order chi connectivity index (χ1) is 12.2. The third-order valence-corrected chi connectivity index (χ3v) is 4.14. The van der Waals surface area contributed by atoms with E-state index in [4.69, 9.17) is 0 Å². The van der Waals surface area contributed by atoms with Gasteiger partial charge in [-0.1, -0.05) is 41.7 Å². The summed E-state index contributed by atoms with van der Waals surface area (Å²) in [4.78, 5) is 27.5. The molecular weight excluding hydrogens is 340 g/mol. The van der Waals surface area contributed by atoms with E-state index in [2.05, 4.69) is 25.2 Å². The van der Waals surface area contributed by atoms with Crippen molar-refractivity contribution in [2.24, 2.45) is 0 Å². The van der Waals surface area contributed by atoms with Crippen molar-refractivity contribution in [3.05, 3.63) is 70.5 Å². The third-order valence-electron chi connectivity index (χ3n) is 3.30. The summed E-state index contributed by atoms with van der Waals surface area (Å²) in [6, 6.07) is 12.8. The van der Waals surface area contributed by atoms with Crippen molar-refractivity contribution in [3.8, 4) is 0 Å².